The van der Waals surface area contributed by atoms with Crippen LogP contribution in [0.5, 0.6) is 5.75 Å². The molecule has 0 unspecified atom stereocenters. The van der Waals surface area contributed by atoms with E-state index in [4.69, 9.17) is 10.5 Å². The number of hydrogen-bond acceptors (Lipinski definition) is 4. The quantitative estimate of drug-likeness (QED) is 0.807. The highest BCUT2D eigenvalue weighted by atomic mass is 16.5. The molecule has 4 heteroatoms. The summed E-state index contributed by atoms with van der Waals surface area (Å²) in [5, 5.41) is 0. The van der Waals surface area contributed by atoms with Gasteiger partial charge in [-0.2, -0.15) is 0 Å². The van der Waals surface area contributed by atoms with E-state index in [1.54, 1.807) is 0 Å². The molecule has 0 bridgehead atoms. The SMILES string of the molecule is CN(CCOc1ccc(CCN)cc1)Cc1ccncc1. The molecule has 0 radical (unpaired) electrons. The van der Waals surface area contributed by atoms with Crippen LogP contribution in [-0.2, 0) is 13.0 Å². The van der Waals surface area contributed by atoms with E-state index in [1.165, 1.54) is 11.1 Å². The van der Waals surface area contributed by atoms with E-state index < -0.39 is 0 Å². The predicted molar refractivity (Wildman–Crippen MR) is 85.3 cm³/mol. The molecule has 21 heavy (non-hydrogen) atoms. The van der Waals surface area contributed by atoms with Crippen LogP contribution >= 0.6 is 0 Å². The second-order valence-corrected chi connectivity index (χ2v) is 5.12. The lowest BCUT2D eigenvalue weighted by Gasteiger charge is -2.17. The Morgan fingerprint density at radius 1 is 1.05 bits per heavy atom. The van der Waals surface area contributed by atoms with Crippen LogP contribution in [-0.4, -0.2) is 36.6 Å². The van der Waals surface area contributed by atoms with Gasteiger partial charge in [0.25, 0.3) is 0 Å². The zero-order valence-corrected chi connectivity index (χ0v) is 12.5. The molecule has 1 aromatic heterocycles. The number of ether oxygens (including phenoxy) is 1. The van der Waals surface area contributed by atoms with Crippen LogP contribution in [0.15, 0.2) is 48.8 Å². The summed E-state index contributed by atoms with van der Waals surface area (Å²) >= 11 is 0. The lowest BCUT2D eigenvalue weighted by Crippen LogP contribution is -2.23. The minimum absolute atomic E-state index is 0.678. The Morgan fingerprint density at radius 3 is 2.43 bits per heavy atom. The average molecular weight is 285 g/mol. The van der Waals surface area contributed by atoms with Crippen molar-refractivity contribution in [3.8, 4) is 5.75 Å². The van der Waals surface area contributed by atoms with Crippen molar-refractivity contribution in [2.45, 2.75) is 13.0 Å². The van der Waals surface area contributed by atoms with Crippen LogP contribution < -0.4 is 10.5 Å². The first-order valence-corrected chi connectivity index (χ1v) is 7.27. The van der Waals surface area contributed by atoms with Gasteiger partial charge >= 0.3 is 0 Å². The summed E-state index contributed by atoms with van der Waals surface area (Å²) in [5.41, 5.74) is 8.05. The minimum atomic E-state index is 0.678. The second kappa shape index (κ2) is 8.39. The number of aromatic nitrogens is 1. The first-order chi connectivity index (χ1) is 10.3. The molecule has 0 aliphatic heterocycles. The van der Waals surface area contributed by atoms with Gasteiger partial charge in [-0.1, -0.05) is 12.1 Å². The van der Waals surface area contributed by atoms with E-state index in [1.807, 2.05) is 36.7 Å². The summed E-state index contributed by atoms with van der Waals surface area (Å²) < 4.78 is 5.76. The molecule has 1 aromatic carbocycles. The van der Waals surface area contributed by atoms with Crippen molar-refractivity contribution in [1.82, 2.24) is 9.88 Å². The Labute approximate surface area is 126 Å². The van der Waals surface area contributed by atoms with Crippen LogP contribution in [0.2, 0.25) is 0 Å². The summed E-state index contributed by atoms with van der Waals surface area (Å²) in [5.74, 6) is 0.910. The second-order valence-electron chi connectivity index (χ2n) is 5.12. The zero-order valence-electron chi connectivity index (χ0n) is 12.5. The van der Waals surface area contributed by atoms with Crippen LogP contribution in [0.1, 0.15) is 11.1 Å². The van der Waals surface area contributed by atoms with Gasteiger partial charge in [-0.05, 0) is 55.4 Å². The maximum Gasteiger partial charge on any atom is 0.119 e. The third-order valence-electron chi connectivity index (χ3n) is 3.30. The van der Waals surface area contributed by atoms with Crippen molar-refractivity contribution in [3.63, 3.8) is 0 Å². The van der Waals surface area contributed by atoms with E-state index in [0.717, 1.165) is 25.3 Å². The van der Waals surface area contributed by atoms with Gasteiger partial charge in [-0.15, -0.1) is 0 Å². The molecule has 112 valence electrons. The standard InChI is InChI=1S/C17H23N3O/c1-20(14-16-7-10-19-11-8-16)12-13-21-17-4-2-15(3-5-17)6-9-18/h2-5,7-8,10-11H,6,9,12-14,18H2,1H3. The highest BCUT2D eigenvalue weighted by molar-refractivity contribution is 5.27. The van der Waals surface area contributed by atoms with Crippen molar-refractivity contribution in [2.24, 2.45) is 5.73 Å². The maximum atomic E-state index is 5.76. The molecule has 2 rings (SSSR count). The number of likely N-dealkylation sites (N-methyl/N-ethyl adjacent to an activating group) is 1. The molecule has 0 aliphatic rings. The van der Waals surface area contributed by atoms with Gasteiger partial charge in [0.05, 0.1) is 0 Å². The van der Waals surface area contributed by atoms with E-state index in [2.05, 4.69) is 29.1 Å². The van der Waals surface area contributed by atoms with E-state index in [-0.39, 0.29) is 0 Å². The van der Waals surface area contributed by atoms with Crippen molar-refractivity contribution in [2.75, 3.05) is 26.7 Å². The van der Waals surface area contributed by atoms with Crippen molar-refractivity contribution >= 4 is 0 Å². The first kappa shape index (κ1) is 15.5. The monoisotopic (exact) mass is 285 g/mol. The highest BCUT2D eigenvalue weighted by Crippen LogP contribution is 2.12. The van der Waals surface area contributed by atoms with Gasteiger partial charge in [-0.3, -0.25) is 9.88 Å². The summed E-state index contributed by atoms with van der Waals surface area (Å²) in [7, 11) is 2.09. The number of nitrogens with two attached hydrogens (primary N) is 1. The minimum Gasteiger partial charge on any atom is -0.492 e. The van der Waals surface area contributed by atoms with Gasteiger partial charge in [0, 0.05) is 25.5 Å². The highest BCUT2D eigenvalue weighted by Gasteiger charge is 2.01. The fraction of sp³-hybridized carbons (Fsp3) is 0.353. The predicted octanol–water partition coefficient (Wildman–Crippen LogP) is 2.09. The molecule has 2 aromatic rings. The van der Waals surface area contributed by atoms with Crippen molar-refractivity contribution < 1.29 is 4.74 Å². The number of rotatable bonds is 8. The Hall–Kier alpha value is -1.91. The molecular formula is C17H23N3O. The third kappa shape index (κ3) is 5.53. The Kier molecular flexibility index (Phi) is 6.19. The fourth-order valence-corrected chi connectivity index (χ4v) is 2.12. The molecule has 1 heterocycles. The van der Waals surface area contributed by atoms with Gasteiger partial charge in [0.2, 0.25) is 0 Å². The van der Waals surface area contributed by atoms with E-state index in [9.17, 15) is 0 Å². The largest absolute Gasteiger partial charge is 0.492 e. The molecule has 0 amide bonds. The number of pyridine rings is 1. The topological polar surface area (TPSA) is 51.4 Å². The lowest BCUT2D eigenvalue weighted by atomic mass is 10.1. The van der Waals surface area contributed by atoms with Gasteiger partial charge < -0.3 is 10.5 Å². The van der Waals surface area contributed by atoms with Crippen LogP contribution in [0.4, 0.5) is 0 Å². The van der Waals surface area contributed by atoms with E-state index in [0.29, 0.717) is 13.2 Å². The van der Waals surface area contributed by atoms with Crippen LogP contribution in [0, 0.1) is 0 Å². The third-order valence-corrected chi connectivity index (χ3v) is 3.30. The first-order valence-electron chi connectivity index (χ1n) is 7.27. The Morgan fingerprint density at radius 2 is 1.76 bits per heavy atom. The molecule has 2 N–H and O–H groups in total. The molecule has 0 saturated heterocycles. The van der Waals surface area contributed by atoms with Crippen LogP contribution in [0.3, 0.4) is 0 Å². The molecule has 0 fully saturated rings. The molecule has 4 nitrogen and oxygen atoms in total. The van der Waals surface area contributed by atoms with Gasteiger partial charge in [0.15, 0.2) is 0 Å². The summed E-state index contributed by atoms with van der Waals surface area (Å²) in [4.78, 5) is 6.26. The van der Waals surface area contributed by atoms with Gasteiger partial charge in [-0.25, -0.2) is 0 Å². The lowest BCUT2D eigenvalue weighted by molar-refractivity contribution is 0.233. The summed E-state index contributed by atoms with van der Waals surface area (Å²) in [6.07, 6.45) is 4.56. The maximum absolute atomic E-state index is 5.76. The number of benzene rings is 1. The van der Waals surface area contributed by atoms with Crippen molar-refractivity contribution in [3.05, 3.63) is 59.9 Å². The normalized spacial score (nSPS) is 10.8. The van der Waals surface area contributed by atoms with Gasteiger partial charge in [0.1, 0.15) is 12.4 Å². The fourth-order valence-electron chi connectivity index (χ4n) is 2.12. The summed E-state index contributed by atoms with van der Waals surface area (Å²) in [6.45, 7) is 3.14. The molecular weight excluding hydrogens is 262 g/mol. The smallest absolute Gasteiger partial charge is 0.119 e. The Bertz CT molecular complexity index is 513. The molecule has 0 aliphatic carbocycles. The zero-order chi connectivity index (χ0) is 14.9. The van der Waals surface area contributed by atoms with Crippen molar-refractivity contribution in [1.29, 1.82) is 0 Å². The number of hydrogen-bond donors (Lipinski definition) is 1. The van der Waals surface area contributed by atoms with Crippen LogP contribution in [0.25, 0.3) is 0 Å². The molecule has 0 spiro atoms. The molecule has 0 saturated carbocycles. The van der Waals surface area contributed by atoms with E-state index >= 15 is 0 Å². The average Bonchev–Trinajstić information content (AvgIpc) is 2.50. The molecule has 0 atom stereocenters. The Balaban J connectivity index is 1.71. The summed E-state index contributed by atoms with van der Waals surface area (Å²) in [6, 6.07) is 12.2. The number of nitrogens with zero attached hydrogens (tertiary/aromatic N) is 2.